The first-order valence-electron chi connectivity index (χ1n) is 8.88. The lowest BCUT2D eigenvalue weighted by Crippen LogP contribution is -2.46. The average Bonchev–Trinajstić information content (AvgIpc) is 3.44. The van der Waals surface area contributed by atoms with Crippen LogP contribution in [0.15, 0.2) is 43.2 Å². The summed E-state index contributed by atoms with van der Waals surface area (Å²) in [4.78, 5) is 4.81. The molecule has 9 nitrogen and oxygen atoms in total. The van der Waals surface area contributed by atoms with E-state index in [1.54, 1.807) is 29.3 Å². The van der Waals surface area contributed by atoms with Crippen LogP contribution >= 0.6 is 0 Å². The Morgan fingerprint density at radius 2 is 2.07 bits per heavy atom. The SMILES string of the molecule is N#CCC1(n2cc(-c3nc(-c4cn[nH]c4)cn4nccc34)cn2)CC(C#N)C1. The van der Waals surface area contributed by atoms with Gasteiger partial charge in [-0.2, -0.15) is 25.8 Å². The largest absolute Gasteiger partial charge is 0.285 e. The molecule has 0 unspecified atom stereocenters. The van der Waals surface area contributed by atoms with Gasteiger partial charge < -0.3 is 0 Å². The Labute approximate surface area is 159 Å². The van der Waals surface area contributed by atoms with Gasteiger partial charge in [-0.05, 0) is 18.9 Å². The molecule has 1 aliphatic carbocycles. The summed E-state index contributed by atoms with van der Waals surface area (Å²) in [5.41, 5.74) is 3.66. The summed E-state index contributed by atoms with van der Waals surface area (Å²) in [6.07, 6.45) is 12.4. The summed E-state index contributed by atoms with van der Waals surface area (Å²) in [6, 6.07) is 6.43. The molecule has 4 aromatic heterocycles. The van der Waals surface area contributed by atoms with E-state index in [9.17, 15) is 5.26 Å². The second-order valence-electron chi connectivity index (χ2n) is 7.09. The maximum absolute atomic E-state index is 9.26. The number of nitrogens with zero attached hydrogens (tertiary/aromatic N) is 8. The number of fused-ring (bicyclic) bond motifs is 1. The fraction of sp³-hybridized carbons (Fsp3) is 0.263. The fourth-order valence-electron chi connectivity index (χ4n) is 3.88. The Balaban J connectivity index is 1.60. The van der Waals surface area contributed by atoms with E-state index in [2.05, 4.69) is 32.5 Å². The molecular formula is C19H15N9. The van der Waals surface area contributed by atoms with Crippen molar-refractivity contribution in [2.45, 2.75) is 24.8 Å². The van der Waals surface area contributed by atoms with Crippen molar-refractivity contribution in [2.75, 3.05) is 0 Å². The molecule has 0 radical (unpaired) electrons. The molecule has 1 saturated carbocycles. The Morgan fingerprint density at radius 3 is 2.82 bits per heavy atom. The van der Waals surface area contributed by atoms with Crippen LogP contribution in [0.1, 0.15) is 19.3 Å². The van der Waals surface area contributed by atoms with Gasteiger partial charge in [0, 0.05) is 23.5 Å². The monoisotopic (exact) mass is 369 g/mol. The van der Waals surface area contributed by atoms with E-state index in [1.807, 2.05) is 23.1 Å². The minimum absolute atomic E-state index is 0.0231. The first kappa shape index (κ1) is 16.2. The number of aromatic amines is 1. The van der Waals surface area contributed by atoms with Crippen LogP contribution in [0.5, 0.6) is 0 Å². The van der Waals surface area contributed by atoms with Gasteiger partial charge in [-0.3, -0.25) is 9.78 Å². The number of nitrogens with one attached hydrogen (secondary N) is 1. The Hall–Kier alpha value is -3.98. The molecule has 1 N–H and O–H groups in total. The predicted molar refractivity (Wildman–Crippen MR) is 98.3 cm³/mol. The minimum Gasteiger partial charge on any atom is -0.285 e. The van der Waals surface area contributed by atoms with Gasteiger partial charge in [-0.15, -0.1) is 0 Å². The number of aromatic nitrogens is 7. The summed E-state index contributed by atoms with van der Waals surface area (Å²) in [6.45, 7) is 0. The molecule has 9 heteroatoms. The van der Waals surface area contributed by atoms with E-state index in [-0.39, 0.29) is 5.92 Å². The van der Waals surface area contributed by atoms with Crippen molar-refractivity contribution in [1.82, 2.24) is 34.6 Å². The van der Waals surface area contributed by atoms with E-state index in [0.717, 1.165) is 28.0 Å². The van der Waals surface area contributed by atoms with Crippen molar-refractivity contribution in [3.8, 4) is 34.7 Å². The highest BCUT2D eigenvalue weighted by molar-refractivity contribution is 5.78. The fourth-order valence-corrected chi connectivity index (χ4v) is 3.88. The molecule has 0 aliphatic heterocycles. The molecule has 1 fully saturated rings. The van der Waals surface area contributed by atoms with E-state index in [0.29, 0.717) is 19.3 Å². The van der Waals surface area contributed by atoms with Crippen LogP contribution < -0.4 is 0 Å². The van der Waals surface area contributed by atoms with Crippen molar-refractivity contribution in [2.24, 2.45) is 5.92 Å². The van der Waals surface area contributed by atoms with E-state index >= 15 is 0 Å². The lowest BCUT2D eigenvalue weighted by atomic mass is 9.67. The molecule has 1 aliphatic rings. The van der Waals surface area contributed by atoms with Gasteiger partial charge in [0.05, 0.1) is 71.7 Å². The van der Waals surface area contributed by atoms with Crippen LogP contribution in [0.4, 0.5) is 0 Å². The second-order valence-corrected chi connectivity index (χ2v) is 7.09. The van der Waals surface area contributed by atoms with Crippen LogP contribution in [-0.2, 0) is 5.54 Å². The highest BCUT2D eigenvalue weighted by Crippen LogP contribution is 2.46. The molecule has 0 spiro atoms. The minimum atomic E-state index is -0.411. The molecule has 0 saturated heterocycles. The maximum atomic E-state index is 9.26. The van der Waals surface area contributed by atoms with E-state index in [1.165, 1.54) is 0 Å². The van der Waals surface area contributed by atoms with E-state index < -0.39 is 5.54 Å². The number of hydrogen-bond acceptors (Lipinski definition) is 6. The average molecular weight is 369 g/mol. The van der Waals surface area contributed by atoms with Gasteiger partial charge in [0.2, 0.25) is 0 Å². The van der Waals surface area contributed by atoms with Crippen LogP contribution in [0.25, 0.3) is 28.0 Å². The summed E-state index contributed by atoms with van der Waals surface area (Å²) >= 11 is 0. The molecule has 136 valence electrons. The molecule has 28 heavy (non-hydrogen) atoms. The van der Waals surface area contributed by atoms with Crippen molar-refractivity contribution < 1.29 is 0 Å². The normalized spacial score (nSPS) is 21.1. The highest BCUT2D eigenvalue weighted by Gasteiger charge is 2.46. The van der Waals surface area contributed by atoms with E-state index in [4.69, 9.17) is 10.2 Å². The molecule has 4 aromatic rings. The first-order chi connectivity index (χ1) is 13.7. The number of H-pyrrole nitrogens is 1. The molecule has 0 atom stereocenters. The van der Waals surface area contributed by atoms with Crippen LogP contribution in [0.3, 0.4) is 0 Å². The standard InChI is InChI=1S/C19H15N9/c20-3-2-19(5-13(6-19)7-21)28-11-15(10-25-28)18-17-1-4-24-27(17)12-16(26-18)14-8-22-23-9-14/h1,4,8-13H,2,5-6H2,(H,22,23). The summed E-state index contributed by atoms with van der Waals surface area (Å²) in [5.74, 6) is -0.0231. The van der Waals surface area contributed by atoms with Crippen molar-refractivity contribution in [3.63, 3.8) is 0 Å². The third kappa shape index (κ3) is 2.37. The van der Waals surface area contributed by atoms with Gasteiger partial charge in [-0.1, -0.05) is 0 Å². The number of rotatable bonds is 4. The number of nitriles is 2. The first-order valence-corrected chi connectivity index (χ1v) is 8.88. The van der Waals surface area contributed by atoms with Gasteiger partial charge in [0.15, 0.2) is 0 Å². The van der Waals surface area contributed by atoms with Gasteiger partial charge in [0.1, 0.15) is 0 Å². The smallest absolute Gasteiger partial charge is 0.0999 e. The van der Waals surface area contributed by atoms with Crippen molar-refractivity contribution in [1.29, 1.82) is 10.5 Å². The van der Waals surface area contributed by atoms with Crippen LogP contribution in [0.2, 0.25) is 0 Å². The zero-order chi connectivity index (χ0) is 19.1. The summed E-state index contributed by atoms with van der Waals surface area (Å²) < 4.78 is 3.61. The van der Waals surface area contributed by atoms with Crippen molar-refractivity contribution >= 4 is 5.52 Å². The Bertz CT molecular complexity index is 1230. The lowest BCUT2D eigenvalue weighted by molar-refractivity contribution is 0.0882. The molecular weight excluding hydrogens is 354 g/mol. The zero-order valence-corrected chi connectivity index (χ0v) is 14.8. The maximum Gasteiger partial charge on any atom is 0.0999 e. The molecule has 5 rings (SSSR count). The van der Waals surface area contributed by atoms with Gasteiger partial charge >= 0.3 is 0 Å². The van der Waals surface area contributed by atoms with Crippen LogP contribution in [-0.4, -0.2) is 34.6 Å². The molecule has 0 amide bonds. The Morgan fingerprint density at radius 1 is 1.18 bits per heavy atom. The summed E-state index contributed by atoms with van der Waals surface area (Å²) in [5, 5.41) is 34.1. The summed E-state index contributed by atoms with van der Waals surface area (Å²) in [7, 11) is 0. The quantitative estimate of drug-likeness (QED) is 0.589. The topological polar surface area (TPSA) is 124 Å². The third-order valence-corrected chi connectivity index (χ3v) is 5.37. The highest BCUT2D eigenvalue weighted by atomic mass is 15.3. The molecule has 4 heterocycles. The molecule has 0 bridgehead atoms. The van der Waals surface area contributed by atoms with Crippen molar-refractivity contribution in [3.05, 3.63) is 43.2 Å². The zero-order valence-electron chi connectivity index (χ0n) is 14.8. The van der Waals surface area contributed by atoms with Crippen LogP contribution in [0, 0.1) is 28.6 Å². The van der Waals surface area contributed by atoms with Gasteiger partial charge in [0.25, 0.3) is 0 Å². The Kier molecular flexibility index (Phi) is 3.49. The second kappa shape index (κ2) is 6.03. The third-order valence-electron chi connectivity index (χ3n) is 5.37. The molecule has 0 aromatic carbocycles. The van der Waals surface area contributed by atoms with Gasteiger partial charge in [-0.25, -0.2) is 9.50 Å². The number of hydrogen-bond donors (Lipinski definition) is 1. The lowest BCUT2D eigenvalue weighted by Gasteiger charge is -2.43. The predicted octanol–water partition coefficient (Wildman–Crippen LogP) is 2.53.